The van der Waals surface area contributed by atoms with Crippen LogP contribution in [-0.4, -0.2) is 11.0 Å². The lowest BCUT2D eigenvalue weighted by Crippen LogP contribution is -2.18. The monoisotopic (exact) mass is 213 g/mol. The first-order valence-electron chi connectivity index (χ1n) is 4.84. The van der Waals surface area contributed by atoms with E-state index in [1.54, 1.807) is 6.20 Å². The molecular weight excluding hydrogens is 198 g/mol. The standard InChI is InChI=1S/C10H16ClN3/c1-3-8(4-2)14-9-5-7(11)6-13-10(9)12/h5-6,8,14H,3-4H2,1-2H3,(H2,12,13). The number of hydrogen-bond donors (Lipinski definition) is 2. The molecule has 0 amide bonds. The predicted molar refractivity (Wildman–Crippen MR) is 61.7 cm³/mol. The first-order chi connectivity index (χ1) is 6.67. The summed E-state index contributed by atoms with van der Waals surface area (Å²) in [6.45, 7) is 4.27. The van der Waals surface area contributed by atoms with Crippen LogP contribution in [0.5, 0.6) is 0 Å². The van der Waals surface area contributed by atoms with Crippen LogP contribution in [0.2, 0.25) is 5.02 Å². The van der Waals surface area contributed by atoms with Gasteiger partial charge in [0.2, 0.25) is 0 Å². The lowest BCUT2D eigenvalue weighted by Gasteiger charge is -2.17. The predicted octanol–water partition coefficient (Wildman–Crippen LogP) is 2.92. The number of halogens is 1. The van der Waals surface area contributed by atoms with Crippen LogP contribution in [0.4, 0.5) is 11.5 Å². The Bertz CT molecular complexity index is 297. The number of aromatic nitrogens is 1. The molecule has 0 unspecified atom stereocenters. The molecule has 4 heteroatoms. The van der Waals surface area contributed by atoms with Crippen LogP contribution in [0, 0.1) is 0 Å². The fraction of sp³-hybridized carbons (Fsp3) is 0.500. The topological polar surface area (TPSA) is 50.9 Å². The van der Waals surface area contributed by atoms with Crippen molar-refractivity contribution in [2.75, 3.05) is 11.1 Å². The summed E-state index contributed by atoms with van der Waals surface area (Å²) < 4.78 is 0. The highest BCUT2D eigenvalue weighted by molar-refractivity contribution is 6.30. The summed E-state index contributed by atoms with van der Waals surface area (Å²) in [6, 6.07) is 2.24. The maximum Gasteiger partial charge on any atom is 0.146 e. The van der Waals surface area contributed by atoms with E-state index in [2.05, 4.69) is 24.1 Å². The van der Waals surface area contributed by atoms with E-state index in [-0.39, 0.29) is 0 Å². The number of nitrogen functional groups attached to an aromatic ring is 1. The van der Waals surface area contributed by atoms with E-state index in [0.29, 0.717) is 16.9 Å². The van der Waals surface area contributed by atoms with E-state index in [0.717, 1.165) is 18.5 Å². The molecule has 0 bridgehead atoms. The van der Waals surface area contributed by atoms with Crippen molar-refractivity contribution < 1.29 is 0 Å². The summed E-state index contributed by atoms with van der Waals surface area (Å²) >= 11 is 5.83. The zero-order valence-corrected chi connectivity index (χ0v) is 9.30. The van der Waals surface area contributed by atoms with Gasteiger partial charge in [-0.25, -0.2) is 4.98 Å². The molecule has 1 aromatic rings. The van der Waals surface area contributed by atoms with E-state index in [1.807, 2.05) is 6.07 Å². The summed E-state index contributed by atoms with van der Waals surface area (Å²) in [5, 5.41) is 3.92. The zero-order valence-electron chi connectivity index (χ0n) is 8.55. The molecular formula is C10H16ClN3. The highest BCUT2D eigenvalue weighted by atomic mass is 35.5. The van der Waals surface area contributed by atoms with Crippen LogP contribution < -0.4 is 11.1 Å². The molecule has 14 heavy (non-hydrogen) atoms. The van der Waals surface area contributed by atoms with Crippen molar-refractivity contribution in [1.29, 1.82) is 0 Å². The fourth-order valence-electron chi connectivity index (χ4n) is 1.28. The third-order valence-electron chi connectivity index (χ3n) is 2.23. The Morgan fingerprint density at radius 2 is 2.14 bits per heavy atom. The molecule has 0 saturated heterocycles. The third-order valence-corrected chi connectivity index (χ3v) is 2.44. The van der Waals surface area contributed by atoms with Crippen molar-refractivity contribution in [1.82, 2.24) is 4.98 Å². The molecule has 0 spiro atoms. The molecule has 1 aromatic heterocycles. The van der Waals surface area contributed by atoms with Crippen LogP contribution in [0.25, 0.3) is 0 Å². The first kappa shape index (κ1) is 11.1. The molecule has 78 valence electrons. The average molecular weight is 214 g/mol. The van der Waals surface area contributed by atoms with Crippen molar-refractivity contribution in [3.8, 4) is 0 Å². The molecule has 0 atom stereocenters. The van der Waals surface area contributed by atoms with Crippen LogP contribution in [0.1, 0.15) is 26.7 Å². The van der Waals surface area contributed by atoms with Crippen LogP contribution >= 0.6 is 11.6 Å². The van der Waals surface area contributed by atoms with Gasteiger partial charge in [-0.1, -0.05) is 25.4 Å². The summed E-state index contributed by atoms with van der Waals surface area (Å²) in [4.78, 5) is 3.98. The number of nitrogens with zero attached hydrogens (tertiary/aromatic N) is 1. The number of anilines is 2. The van der Waals surface area contributed by atoms with Gasteiger partial charge in [0, 0.05) is 12.2 Å². The largest absolute Gasteiger partial charge is 0.382 e. The van der Waals surface area contributed by atoms with Crippen molar-refractivity contribution in [3.63, 3.8) is 0 Å². The Morgan fingerprint density at radius 3 is 2.71 bits per heavy atom. The summed E-state index contributed by atoms with van der Waals surface area (Å²) in [5.74, 6) is 0.501. The van der Waals surface area contributed by atoms with Gasteiger partial charge in [0.25, 0.3) is 0 Å². The second-order valence-corrected chi connectivity index (χ2v) is 3.68. The molecule has 0 aliphatic heterocycles. The Morgan fingerprint density at radius 1 is 1.50 bits per heavy atom. The highest BCUT2D eigenvalue weighted by Gasteiger charge is 2.06. The van der Waals surface area contributed by atoms with Gasteiger partial charge in [-0.3, -0.25) is 0 Å². The number of hydrogen-bond acceptors (Lipinski definition) is 3. The van der Waals surface area contributed by atoms with Crippen molar-refractivity contribution >= 4 is 23.1 Å². The molecule has 0 aliphatic rings. The van der Waals surface area contributed by atoms with E-state index in [4.69, 9.17) is 17.3 Å². The van der Waals surface area contributed by atoms with Gasteiger partial charge in [0.15, 0.2) is 0 Å². The van der Waals surface area contributed by atoms with E-state index in [1.165, 1.54) is 0 Å². The van der Waals surface area contributed by atoms with E-state index >= 15 is 0 Å². The molecule has 3 nitrogen and oxygen atoms in total. The van der Waals surface area contributed by atoms with Gasteiger partial charge in [-0.05, 0) is 18.9 Å². The van der Waals surface area contributed by atoms with Crippen LogP contribution in [0.3, 0.4) is 0 Å². The average Bonchev–Trinajstić information content (AvgIpc) is 2.19. The molecule has 0 radical (unpaired) electrons. The van der Waals surface area contributed by atoms with Gasteiger partial charge >= 0.3 is 0 Å². The minimum atomic E-state index is 0.428. The number of pyridine rings is 1. The molecule has 0 aliphatic carbocycles. The van der Waals surface area contributed by atoms with Crippen molar-refractivity contribution in [2.24, 2.45) is 0 Å². The molecule has 3 N–H and O–H groups in total. The molecule has 1 rings (SSSR count). The van der Waals surface area contributed by atoms with Crippen LogP contribution in [0.15, 0.2) is 12.3 Å². The summed E-state index contributed by atoms with van der Waals surface area (Å²) in [7, 11) is 0. The quantitative estimate of drug-likeness (QED) is 0.809. The molecule has 0 saturated carbocycles. The van der Waals surface area contributed by atoms with Crippen LogP contribution in [-0.2, 0) is 0 Å². The van der Waals surface area contributed by atoms with Gasteiger partial charge < -0.3 is 11.1 Å². The zero-order chi connectivity index (χ0) is 10.6. The lowest BCUT2D eigenvalue weighted by molar-refractivity contribution is 0.672. The van der Waals surface area contributed by atoms with Crippen molar-refractivity contribution in [2.45, 2.75) is 32.7 Å². The highest BCUT2D eigenvalue weighted by Crippen LogP contribution is 2.21. The van der Waals surface area contributed by atoms with Gasteiger partial charge in [-0.15, -0.1) is 0 Å². The minimum absolute atomic E-state index is 0.428. The Hall–Kier alpha value is -0.960. The number of nitrogens with two attached hydrogens (primary N) is 1. The van der Waals surface area contributed by atoms with Gasteiger partial charge in [0.05, 0.1) is 10.7 Å². The normalized spacial score (nSPS) is 10.6. The molecule has 0 aromatic carbocycles. The van der Waals surface area contributed by atoms with E-state index < -0.39 is 0 Å². The SMILES string of the molecule is CCC(CC)Nc1cc(Cl)cnc1N. The lowest BCUT2D eigenvalue weighted by atomic mass is 10.1. The number of nitrogens with one attached hydrogen (secondary N) is 1. The number of rotatable bonds is 4. The smallest absolute Gasteiger partial charge is 0.146 e. The second kappa shape index (κ2) is 5.05. The molecule has 1 heterocycles. The van der Waals surface area contributed by atoms with Gasteiger partial charge in [0.1, 0.15) is 5.82 Å². The van der Waals surface area contributed by atoms with E-state index in [9.17, 15) is 0 Å². The third kappa shape index (κ3) is 2.77. The molecule has 0 fully saturated rings. The Balaban J connectivity index is 2.79. The Labute approximate surface area is 89.7 Å². The maximum atomic E-state index is 5.83. The summed E-state index contributed by atoms with van der Waals surface area (Å²) in [5.41, 5.74) is 6.54. The first-order valence-corrected chi connectivity index (χ1v) is 5.22. The second-order valence-electron chi connectivity index (χ2n) is 3.24. The Kier molecular flexibility index (Phi) is 4.01. The van der Waals surface area contributed by atoms with Crippen molar-refractivity contribution in [3.05, 3.63) is 17.3 Å². The van der Waals surface area contributed by atoms with Gasteiger partial charge in [-0.2, -0.15) is 0 Å². The minimum Gasteiger partial charge on any atom is -0.382 e. The fourth-order valence-corrected chi connectivity index (χ4v) is 1.44. The maximum absolute atomic E-state index is 5.83. The summed E-state index contributed by atoms with van der Waals surface area (Å²) in [6.07, 6.45) is 3.67.